The molecule has 0 radical (unpaired) electrons. The third kappa shape index (κ3) is 6.42. The van der Waals surface area contributed by atoms with Gasteiger partial charge in [0.25, 0.3) is 0 Å². The van der Waals surface area contributed by atoms with Crippen molar-refractivity contribution in [3.05, 3.63) is 71.3 Å². The van der Waals surface area contributed by atoms with E-state index >= 15 is 0 Å². The van der Waals surface area contributed by atoms with Crippen LogP contribution in [0.25, 0.3) is 0 Å². The Morgan fingerprint density at radius 2 is 1.66 bits per heavy atom. The van der Waals surface area contributed by atoms with Crippen molar-refractivity contribution in [2.45, 2.75) is 26.2 Å². The van der Waals surface area contributed by atoms with Crippen LogP contribution in [-0.4, -0.2) is 25.1 Å². The number of hydrogen-bond donors (Lipinski definition) is 3. The van der Waals surface area contributed by atoms with Crippen LogP contribution in [0.15, 0.2) is 54.6 Å². The molecule has 0 heterocycles. The molecule has 0 aliphatic carbocycles. The highest BCUT2D eigenvalue weighted by Crippen LogP contribution is 2.59. The van der Waals surface area contributed by atoms with Crippen LogP contribution < -0.4 is 11.1 Å². The first kappa shape index (κ1) is 22.6. The van der Waals surface area contributed by atoms with Gasteiger partial charge in [0, 0.05) is 5.56 Å². The standard InChI is InChI=1S/C20H26N3O5P/c1-3-27-29(25,28-4-2)19(17-12-10-16(11-13-17)18(21)22)23-20(24)26-14-15-8-6-5-7-9-15/h5-13,19H,3-4,14H2,1-2H3,(H3,21,22)(H,23,24). The molecule has 0 fully saturated rings. The highest BCUT2D eigenvalue weighted by atomic mass is 31.2. The summed E-state index contributed by atoms with van der Waals surface area (Å²) < 4.78 is 29.5. The Kier molecular flexibility index (Phi) is 8.39. The van der Waals surface area contributed by atoms with E-state index in [1.807, 2.05) is 30.3 Å². The summed E-state index contributed by atoms with van der Waals surface area (Å²) >= 11 is 0. The van der Waals surface area contributed by atoms with E-state index in [1.54, 1.807) is 38.1 Å². The van der Waals surface area contributed by atoms with Gasteiger partial charge in [-0.25, -0.2) is 4.79 Å². The number of amidine groups is 1. The number of nitrogens with one attached hydrogen (secondary N) is 2. The molecule has 0 saturated carbocycles. The van der Waals surface area contributed by atoms with E-state index in [9.17, 15) is 9.36 Å². The monoisotopic (exact) mass is 419 g/mol. The van der Waals surface area contributed by atoms with Crippen LogP contribution in [0.2, 0.25) is 0 Å². The summed E-state index contributed by atoms with van der Waals surface area (Å²) in [6.07, 6.45) is -0.755. The molecular formula is C20H26N3O5P. The van der Waals surface area contributed by atoms with Gasteiger partial charge in [0.1, 0.15) is 12.4 Å². The molecular weight excluding hydrogens is 393 g/mol. The highest BCUT2D eigenvalue weighted by molar-refractivity contribution is 7.54. The van der Waals surface area contributed by atoms with Gasteiger partial charge in [0.05, 0.1) is 13.2 Å². The Hall–Kier alpha value is -2.67. The number of benzene rings is 2. The molecule has 0 aliphatic rings. The molecule has 156 valence electrons. The molecule has 29 heavy (non-hydrogen) atoms. The smallest absolute Gasteiger partial charge is 0.408 e. The van der Waals surface area contributed by atoms with E-state index in [1.165, 1.54) is 0 Å². The summed E-state index contributed by atoms with van der Waals surface area (Å²) in [6, 6.07) is 15.6. The minimum absolute atomic E-state index is 0.0657. The van der Waals surface area contributed by atoms with E-state index in [0.717, 1.165) is 5.56 Å². The Morgan fingerprint density at radius 3 is 2.17 bits per heavy atom. The third-order valence-corrected chi connectivity index (χ3v) is 6.23. The van der Waals surface area contributed by atoms with Crippen LogP contribution in [0.3, 0.4) is 0 Å². The minimum atomic E-state index is -3.74. The number of amides is 1. The van der Waals surface area contributed by atoms with Gasteiger partial charge in [-0.1, -0.05) is 54.6 Å². The molecule has 2 aromatic carbocycles. The van der Waals surface area contributed by atoms with Gasteiger partial charge in [-0.05, 0) is 25.0 Å². The summed E-state index contributed by atoms with van der Waals surface area (Å²) in [6.45, 7) is 3.72. The molecule has 1 amide bonds. The van der Waals surface area contributed by atoms with Crippen LogP contribution in [0.5, 0.6) is 0 Å². The molecule has 8 nitrogen and oxygen atoms in total. The largest absolute Gasteiger partial charge is 0.445 e. The number of ether oxygens (including phenoxy) is 1. The summed E-state index contributed by atoms with van der Waals surface area (Å²) in [5, 5.41) is 10.1. The van der Waals surface area contributed by atoms with E-state index < -0.39 is 19.5 Å². The first-order chi connectivity index (χ1) is 13.9. The Balaban J connectivity index is 2.24. The number of alkyl carbamates (subject to hydrolysis) is 1. The zero-order valence-electron chi connectivity index (χ0n) is 16.5. The quantitative estimate of drug-likeness (QED) is 0.302. The zero-order valence-corrected chi connectivity index (χ0v) is 17.4. The maximum absolute atomic E-state index is 13.4. The minimum Gasteiger partial charge on any atom is -0.445 e. The second-order valence-corrected chi connectivity index (χ2v) is 8.13. The topological polar surface area (TPSA) is 124 Å². The van der Waals surface area contributed by atoms with Gasteiger partial charge >= 0.3 is 13.7 Å². The number of nitrogen functional groups attached to an aromatic ring is 1. The van der Waals surface area contributed by atoms with Crippen LogP contribution in [0, 0.1) is 5.41 Å². The van der Waals surface area contributed by atoms with Gasteiger partial charge in [-0.2, -0.15) is 0 Å². The molecule has 9 heteroatoms. The molecule has 0 spiro atoms. The zero-order chi connectivity index (χ0) is 21.3. The highest BCUT2D eigenvalue weighted by Gasteiger charge is 2.38. The van der Waals surface area contributed by atoms with Crippen molar-refractivity contribution in [3.8, 4) is 0 Å². The van der Waals surface area contributed by atoms with Crippen molar-refractivity contribution in [3.63, 3.8) is 0 Å². The molecule has 2 rings (SSSR count). The molecule has 0 bridgehead atoms. The number of carbonyl (C=O) groups is 1. The van der Waals surface area contributed by atoms with Crippen molar-refractivity contribution in [2.24, 2.45) is 5.73 Å². The summed E-state index contributed by atoms with van der Waals surface area (Å²) in [7, 11) is -3.74. The van der Waals surface area contributed by atoms with Gasteiger partial charge < -0.3 is 24.8 Å². The number of nitrogens with two attached hydrogens (primary N) is 1. The first-order valence-electron chi connectivity index (χ1n) is 9.20. The average Bonchev–Trinajstić information content (AvgIpc) is 2.71. The van der Waals surface area contributed by atoms with E-state index in [2.05, 4.69) is 5.32 Å². The van der Waals surface area contributed by atoms with Gasteiger partial charge in [-0.3, -0.25) is 9.97 Å². The summed E-state index contributed by atoms with van der Waals surface area (Å²) in [4.78, 5) is 12.4. The molecule has 2 aromatic rings. The van der Waals surface area contributed by atoms with E-state index in [0.29, 0.717) is 11.1 Å². The van der Waals surface area contributed by atoms with Crippen LogP contribution in [0.1, 0.15) is 36.3 Å². The summed E-state index contributed by atoms with van der Waals surface area (Å²) in [5.74, 6) is -1.17. The normalized spacial score (nSPS) is 12.2. The van der Waals surface area contributed by atoms with Crippen LogP contribution in [0.4, 0.5) is 4.79 Å². The molecule has 1 unspecified atom stereocenters. The van der Waals surface area contributed by atoms with Crippen molar-refractivity contribution in [1.29, 1.82) is 5.41 Å². The Morgan fingerprint density at radius 1 is 1.07 bits per heavy atom. The Labute approximate surface area is 170 Å². The molecule has 4 N–H and O–H groups in total. The van der Waals surface area contributed by atoms with Crippen LogP contribution >= 0.6 is 7.60 Å². The lowest BCUT2D eigenvalue weighted by molar-refractivity contribution is 0.134. The maximum atomic E-state index is 13.4. The van der Waals surface area contributed by atoms with Crippen molar-refractivity contribution in [2.75, 3.05) is 13.2 Å². The van der Waals surface area contributed by atoms with Gasteiger partial charge in [0.15, 0.2) is 5.78 Å². The van der Waals surface area contributed by atoms with Crippen molar-refractivity contribution in [1.82, 2.24) is 5.32 Å². The van der Waals surface area contributed by atoms with Gasteiger partial charge in [0.2, 0.25) is 0 Å². The van der Waals surface area contributed by atoms with E-state index in [4.69, 9.17) is 24.9 Å². The number of hydrogen-bond acceptors (Lipinski definition) is 6. The van der Waals surface area contributed by atoms with Crippen LogP contribution in [-0.2, 0) is 25.0 Å². The predicted molar refractivity (Wildman–Crippen MR) is 111 cm³/mol. The number of carbonyl (C=O) groups excluding carboxylic acids is 1. The SMILES string of the molecule is CCOP(=O)(OCC)C(NC(=O)OCc1ccccc1)c1ccc(C(=N)N)cc1. The second kappa shape index (κ2) is 10.8. The average molecular weight is 419 g/mol. The maximum Gasteiger partial charge on any atom is 0.408 e. The lowest BCUT2D eigenvalue weighted by Crippen LogP contribution is -2.30. The van der Waals surface area contributed by atoms with Crippen molar-refractivity contribution < 1.29 is 23.1 Å². The lowest BCUT2D eigenvalue weighted by atomic mass is 10.1. The fourth-order valence-electron chi connectivity index (χ4n) is 2.61. The number of rotatable bonds is 10. The fourth-order valence-corrected chi connectivity index (χ4v) is 4.51. The van der Waals surface area contributed by atoms with Crippen molar-refractivity contribution >= 4 is 19.5 Å². The van der Waals surface area contributed by atoms with E-state index in [-0.39, 0.29) is 25.7 Å². The first-order valence-corrected chi connectivity index (χ1v) is 10.8. The molecule has 0 saturated heterocycles. The second-order valence-electron chi connectivity index (χ2n) is 6.02. The third-order valence-electron chi connectivity index (χ3n) is 3.94. The van der Waals surface area contributed by atoms with Gasteiger partial charge in [-0.15, -0.1) is 0 Å². The Bertz CT molecular complexity index is 848. The lowest BCUT2D eigenvalue weighted by Gasteiger charge is -2.27. The molecule has 0 aromatic heterocycles. The predicted octanol–water partition coefficient (Wildman–Crippen LogP) is 4.16. The summed E-state index contributed by atoms with van der Waals surface area (Å²) in [5.41, 5.74) is 7.29. The fraction of sp³-hybridized carbons (Fsp3) is 0.300. The molecule has 0 aliphatic heterocycles. The molecule has 1 atom stereocenters.